The number of nitrogens with one attached hydrogen (secondary N) is 1. The molecule has 0 aliphatic heterocycles. The molecule has 1 N–H and O–H groups in total. The maximum absolute atomic E-state index is 11.8. The molecule has 2 aliphatic rings. The van der Waals surface area contributed by atoms with Gasteiger partial charge in [0, 0.05) is 18.3 Å². The number of sulfone groups is 1. The zero-order valence-electron chi connectivity index (χ0n) is 12.7. The van der Waals surface area contributed by atoms with Crippen LogP contribution in [0.5, 0.6) is 0 Å². The van der Waals surface area contributed by atoms with Crippen LogP contribution in [0.15, 0.2) is 24.3 Å². The summed E-state index contributed by atoms with van der Waals surface area (Å²) in [6.07, 6.45) is 8.53. The van der Waals surface area contributed by atoms with Crippen molar-refractivity contribution in [1.29, 1.82) is 0 Å². The molecular formula is C17H25NO2S. The first-order valence-electron chi connectivity index (χ1n) is 8.04. The van der Waals surface area contributed by atoms with Crippen LogP contribution >= 0.6 is 0 Å². The molecule has 4 heteroatoms. The Balaban J connectivity index is 1.60. The van der Waals surface area contributed by atoms with Gasteiger partial charge in [-0.05, 0) is 49.7 Å². The van der Waals surface area contributed by atoms with Gasteiger partial charge < -0.3 is 5.32 Å². The maximum Gasteiger partial charge on any atom is 0.150 e. The molecule has 0 saturated heterocycles. The molecule has 1 aromatic rings. The van der Waals surface area contributed by atoms with E-state index in [1.165, 1.54) is 17.4 Å². The Labute approximate surface area is 128 Å². The normalized spacial score (nSPS) is 29.9. The van der Waals surface area contributed by atoms with Crippen molar-refractivity contribution < 1.29 is 8.42 Å². The minimum absolute atomic E-state index is 0.139. The van der Waals surface area contributed by atoms with Crippen molar-refractivity contribution in [3.05, 3.63) is 35.4 Å². The van der Waals surface area contributed by atoms with Crippen molar-refractivity contribution in [1.82, 2.24) is 5.32 Å². The summed E-state index contributed by atoms with van der Waals surface area (Å²) >= 11 is 0. The SMILES string of the molecule is CS(=O)(=O)C1CCCC(NC2CCc3ccccc3C2)C1. The number of hydrogen-bond acceptors (Lipinski definition) is 3. The van der Waals surface area contributed by atoms with Crippen LogP contribution in [0.1, 0.15) is 43.2 Å². The minimum atomic E-state index is -2.89. The van der Waals surface area contributed by atoms with Crippen LogP contribution in [0.3, 0.4) is 0 Å². The third-order valence-electron chi connectivity index (χ3n) is 5.05. The molecule has 2 aliphatic carbocycles. The topological polar surface area (TPSA) is 46.2 Å². The number of aryl methyl sites for hydroxylation is 1. The molecular weight excluding hydrogens is 282 g/mol. The van der Waals surface area contributed by atoms with Gasteiger partial charge >= 0.3 is 0 Å². The van der Waals surface area contributed by atoms with Gasteiger partial charge in [0.2, 0.25) is 0 Å². The molecule has 1 aromatic carbocycles. The second-order valence-corrected chi connectivity index (χ2v) is 9.02. The van der Waals surface area contributed by atoms with Gasteiger partial charge in [-0.1, -0.05) is 30.7 Å². The lowest BCUT2D eigenvalue weighted by Crippen LogP contribution is -2.45. The van der Waals surface area contributed by atoms with Crippen LogP contribution in [0.25, 0.3) is 0 Å². The summed E-state index contributed by atoms with van der Waals surface area (Å²) in [5, 5.41) is 3.60. The van der Waals surface area contributed by atoms with Crippen molar-refractivity contribution in [2.24, 2.45) is 0 Å². The smallest absolute Gasteiger partial charge is 0.150 e. The van der Waals surface area contributed by atoms with Crippen molar-refractivity contribution in [2.45, 2.75) is 62.3 Å². The fourth-order valence-electron chi connectivity index (χ4n) is 3.86. The third-order valence-corrected chi connectivity index (χ3v) is 6.69. The van der Waals surface area contributed by atoms with E-state index in [0.717, 1.165) is 44.9 Å². The zero-order valence-corrected chi connectivity index (χ0v) is 13.5. The summed E-state index contributed by atoms with van der Waals surface area (Å²) in [5.41, 5.74) is 2.94. The van der Waals surface area contributed by atoms with E-state index in [2.05, 4.69) is 29.6 Å². The van der Waals surface area contributed by atoms with Gasteiger partial charge in [0.1, 0.15) is 9.84 Å². The molecule has 1 fully saturated rings. The summed E-state index contributed by atoms with van der Waals surface area (Å²) in [6.45, 7) is 0. The lowest BCUT2D eigenvalue weighted by Gasteiger charge is -2.34. The molecule has 0 bridgehead atoms. The molecule has 116 valence electrons. The fraction of sp³-hybridized carbons (Fsp3) is 0.647. The summed E-state index contributed by atoms with van der Waals surface area (Å²) in [5.74, 6) is 0. The average Bonchev–Trinajstić information content (AvgIpc) is 2.46. The van der Waals surface area contributed by atoms with Gasteiger partial charge in [0.15, 0.2) is 0 Å². The highest BCUT2D eigenvalue weighted by Gasteiger charge is 2.30. The lowest BCUT2D eigenvalue weighted by atomic mass is 9.86. The summed E-state index contributed by atoms with van der Waals surface area (Å²) in [6, 6.07) is 9.55. The van der Waals surface area contributed by atoms with Crippen LogP contribution in [-0.2, 0) is 22.7 Å². The molecule has 3 unspecified atom stereocenters. The van der Waals surface area contributed by atoms with Crippen molar-refractivity contribution in [3.63, 3.8) is 0 Å². The predicted molar refractivity (Wildman–Crippen MR) is 86.3 cm³/mol. The van der Waals surface area contributed by atoms with Crippen molar-refractivity contribution in [2.75, 3.05) is 6.26 Å². The predicted octanol–water partition coefficient (Wildman–Crippen LogP) is 2.49. The third kappa shape index (κ3) is 3.67. The Morgan fingerprint density at radius 1 is 1.05 bits per heavy atom. The second-order valence-electron chi connectivity index (χ2n) is 6.69. The van der Waals surface area contributed by atoms with E-state index in [1.54, 1.807) is 0 Å². The Morgan fingerprint density at radius 3 is 2.57 bits per heavy atom. The molecule has 1 saturated carbocycles. The summed E-state index contributed by atoms with van der Waals surface area (Å²) in [7, 11) is -2.89. The van der Waals surface area contributed by atoms with E-state index in [9.17, 15) is 8.42 Å². The van der Waals surface area contributed by atoms with E-state index in [-0.39, 0.29) is 5.25 Å². The lowest BCUT2D eigenvalue weighted by molar-refractivity contribution is 0.320. The van der Waals surface area contributed by atoms with Crippen LogP contribution in [0.4, 0.5) is 0 Å². The van der Waals surface area contributed by atoms with E-state index < -0.39 is 9.84 Å². The van der Waals surface area contributed by atoms with Gasteiger partial charge in [-0.3, -0.25) is 0 Å². The quantitative estimate of drug-likeness (QED) is 0.933. The molecule has 3 nitrogen and oxygen atoms in total. The molecule has 0 radical (unpaired) electrons. The highest BCUT2D eigenvalue weighted by atomic mass is 32.2. The zero-order chi connectivity index (χ0) is 14.9. The molecule has 3 atom stereocenters. The number of benzene rings is 1. The van der Waals surface area contributed by atoms with Crippen LogP contribution < -0.4 is 5.32 Å². The maximum atomic E-state index is 11.8. The molecule has 3 rings (SSSR count). The monoisotopic (exact) mass is 307 g/mol. The first kappa shape index (κ1) is 15.0. The second kappa shape index (κ2) is 6.09. The molecule has 0 heterocycles. The van der Waals surface area contributed by atoms with Crippen LogP contribution in [0.2, 0.25) is 0 Å². The number of hydrogen-bond donors (Lipinski definition) is 1. The Morgan fingerprint density at radius 2 is 1.81 bits per heavy atom. The van der Waals surface area contributed by atoms with Gasteiger partial charge in [-0.25, -0.2) is 8.42 Å². The van der Waals surface area contributed by atoms with Crippen molar-refractivity contribution in [3.8, 4) is 0 Å². The molecule has 0 amide bonds. The minimum Gasteiger partial charge on any atom is -0.311 e. The molecule has 0 aromatic heterocycles. The molecule has 0 spiro atoms. The summed E-state index contributed by atoms with van der Waals surface area (Å²) < 4.78 is 23.5. The van der Waals surface area contributed by atoms with Gasteiger partial charge in [0.05, 0.1) is 5.25 Å². The van der Waals surface area contributed by atoms with E-state index >= 15 is 0 Å². The van der Waals surface area contributed by atoms with E-state index in [1.807, 2.05) is 0 Å². The molecule has 21 heavy (non-hydrogen) atoms. The number of fused-ring (bicyclic) bond motifs is 1. The van der Waals surface area contributed by atoms with E-state index in [4.69, 9.17) is 0 Å². The van der Waals surface area contributed by atoms with Gasteiger partial charge in [0.25, 0.3) is 0 Å². The van der Waals surface area contributed by atoms with Crippen molar-refractivity contribution >= 4 is 9.84 Å². The average molecular weight is 307 g/mol. The van der Waals surface area contributed by atoms with Crippen LogP contribution in [-0.4, -0.2) is 32.0 Å². The number of rotatable bonds is 3. The van der Waals surface area contributed by atoms with Gasteiger partial charge in [-0.15, -0.1) is 0 Å². The fourth-order valence-corrected chi connectivity index (χ4v) is 5.04. The van der Waals surface area contributed by atoms with E-state index in [0.29, 0.717) is 12.1 Å². The first-order chi connectivity index (χ1) is 10.0. The highest BCUT2D eigenvalue weighted by Crippen LogP contribution is 2.26. The highest BCUT2D eigenvalue weighted by molar-refractivity contribution is 7.91. The Hall–Kier alpha value is -0.870. The largest absolute Gasteiger partial charge is 0.311 e. The summed E-state index contributed by atoms with van der Waals surface area (Å²) in [4.78, 5) is 0. The van der Waals surface area contributed by atoms with Gasteiger partial charge in [-0.2, -0.15) is 0 Å². The standard InChI is InChI=1S/C17H25NO2S/c1-21(19,20)17-8-4-7-15(12-17)18-16-10-9-13-5-2-3-6-14(13)11-16/h2-3,5-6,15-18H,4,7-12H2,1H3. The van der Waals surface area contributed by atoms with Crippen LogP contribution in [0, 0.1) is 0 Å². The Bertz CT molecular complexity index is 597. The first-order valence-corrected chi connectivity index (χ1v) is 9.99. The Kier molecular flexibility index (Phi) is 4.36.